The van der Waals surface area contributed by atoms with Crippen LogP contribution in [0.25, 0.3) is 10.9 Å². The van der Waals surface area contributed by atoms with Crippen LogP contribution in [0.3, 0.4) is 0 Å². The summed E-state index contributed by atoms with van der Waals surface area (Å²) in [5.74, 6) is -2.84. The molecule has 43 heavy (non-hydrogen) atoms. The number of nitrogens with one attached hydrogen (secondary N) is 1. The average molecular weight is 612 g/mol. The van der Waals surface area contributed by atoms with Crippen molar-refractivity contribution in [1.82, 2.24) is 4.98 Å². The number of halogens is 1. The molecule has 2 aromatic rings. The summed E-state index contributed by atoms with van der Waals surface area (Å²) in [6, 6.07) is 5.94. The number of aromatic nitrogens is 1. The maximum Gasteiger partial charge on any atom is 0.350 e. The molecule has 2 N–H and O–H groups in total. The summed E-state index contributed by atoms with van der Waals surface area (Å²) in [5.41, 5.74) is -1.61. The molecule has 3 heterocycles. The van der Waals surface area contributed by atoms with E-state index in [1.807, 2.05) is 12.1 Å². The van der Waals surface area contributed by atoms with Crippen LogP contribution in [0.1, 0.15) is 78.5 Å². The van der Waals surface area contributed by atoms with Gasteiger partial charge in [0.1, 0.15) is 0 Å². The van der Waals surface area contributed by atoms with Crippen molar-refractivity contribution in [2.75, 3.05) is 6.61 Å². The smallest absolute Gasteiger partial charge is 0.350 e. The molecule has 230 valence electrons. The third-order valence-corrected chi connectivity index (χ3v) is 11.8. The number of esters is 2. The van der Waals surface area contributed by atoms with E-state index in [0.29, 0.717) is 35.8 Å². The van der Waals surface area contributed by atoms with Crippen molar-refractivity contribution in [3.05, 3.63) is 46.1 Å². The van der Waals surface area contributed by atoms with Crippen LogP contribution in [0.5, 0.6) is 0 Å². The molecule has 3 fully saturated rings. The van der Waals surface area contributed by atoms with Gasteiger partial charge in [-0.25, -0.2) is 4.79 Å². The highest BCUT2D eigenvalue weighted by molar-refractivity contribution is 6.31. The van der Waals surface area contributed by atoms with Gasteiger partial charge in [-0.05, 0) is 76.1 Å². The second-order valence-electron chi connectivity index (χ2n) is 14.3. The summed E-state index contributed by atoms with van der Waals surface area (Å²) < 4.78 is 23.8. The lowest BCUT2D eigenvalue weighted by Gasteiger charge is -2.67. The Labute approximate surface area is 255 Å². The highest BCUT2D eigenvalue weighted by atomic mass is 35.5. The minimum absolute atomic E-state index is 0.123. The number of benzene rings is 1. The zero-order chi connectivity index (χ0) is 31.0. The van der Waals surface area contributed by atoms with Gasteiger partial charge in [0.2, 0.25) is 5.60 Å². The molecule has 2 saturated carbocycles. The van der Waals surface area contributed by atoms with Crippen molar-refractivity contribution < 1.29 is 38.4 Å². The van der Waals surface area contributed by atoms with Crippen molar-refractivity contribution in [3.63, 3.8) is 0 Å². The third kappa shape index (κ3) is 3.59. The second-order valence-corrected chi connectivity index (χ2v) is 14.7. The lowest BCUT2D eigenvalue weighted by atomic mass is 9.42. The number of hydrogen-bond donors (Lipinski definition) is 2. The van der Waals surface area contributed by atoms with Crippen molar-refractivity contribution in [1.29, 1.82) is 0 Å². The van der Waals surface area contributed by atoms with Gasteiger partial charge < -0.3 is 29.0 Å². The number of fused-ring (bicyclic) bond motifs is 9. The number of H-pyrrole nitrogens is 1. The number of ether oxygens (including phenoxy) is 4. The Hall–Kier alpha value is -2.72. The van der Waals surface area contributed by atoms with Crippen LogP contribution in [-0.2, 0) is 45.2 Å². The summed E-state index contributed by atoms with van der Waals surface area (Å²) in [6.07, 6.45) is 3.50. The molecule has 7 atom stereocenters. The molecule has 1 aromatic carbocycles. The van der Waals surface area contributed by atoms with Gasteiger partial charge in [-0.2, -0.15) is 0 Å². The van der Waals surface area contributed by atoms with Gasteiger partial charge in [0.25, 0.3) is 0 Å². The predicted molar refractivity (Wildman–Crippen MR) is 156 cm³/mol. The third-order valence-electron chi connectivity index (χ3n) is 11.6. The normalized spacial score (nSPS) is 39.7. The molecule has 10 heteroatoms. The summed E-state index contributed by atoms with van der Waals surface area (Å²) in [7, 11) is 0. The first-order valence-corrected chi connectivity index (χ1v) is 15.4. The molecular formula is C33H38ClNO8. The minimum Gasteiger partial charge on any atom is -0.451 e. The second kappa shape index (κ2) is 8.71. The fraction of sp³-hybridized carbons (Fsp3) is 0.606. The molecule has 1 saturated heterocycles. The molecule has 1 aromatic heterocycles. The van der Waals surface area contributed by atoms with Crippen LogP contribution in [0.4, 0.5) is 0 Å². The molecular weight excluding hydrogens is 574 g/mol. The van der Waals surface area contributed by atoms with E-state index < -0.39 is 57.2 Å². The van der Waals surface area contributed by atoms with E-state index >= 15 is 0 Å². The number of ketones is 1. The van der Waals surface area contributed by atoms with Crippen molar-refractivity contribution in [3.8, 4) is 0 Å². The Morgan fingerprint density at radius 1 is 1.16 bits per heavy atom. The van der Waals surface area contributed by atoms with Gasteiger partial charge in [0.05, 0.1) is 12.2 Å². The highest BCUT2D eigenvalue weighted by Crippen LogP contribution is 2.71. The zero-order valence-corrected chi connectivity index (χ0v) is 26.1. The first-order chi connectivity index (χ1) is 20.0. The number of aliphatic hydroxyl groups is 1. The van der Waals surface area contributed by atoms with Crippen LogP contribution in [0.2, 0.25) is 5.02 Å². The maximum absolute atomic E-state index is 13.8. The molecule has 0 radical (unpaired) electrons. The van der Waals surface area contributed by atoms with Crippen LogP contribution >= 0.6 is 11.6 Å². The Morgan fingerprint density at radius 2 is 1.91 bits per heavy atom. The lowest BCUT2D eigenvalue weighted by Crippen LogP contribution is -2.74. The van der Waals surface area contributed by atoms with Crippen molar-refractivity contribution in [2.24, 2.45) is 11.3 Å². The largest absolute Gasteiger partial charge is 0.451 e. The number of carbonyl (C=O) groups is 3. The number of carbonyl (C=O) groups excluding carboxylic acids is 3. The van der Waals surface area contributed by atoms with E-state index in [1.165, 1.54) is 32.4 Å². The molecule has 3 aliphatic carbocycles. The molecule has 1 spiro atoms. The van der Waals surface area contributed by atoms with Crippen LogP contribution in [-0.4, -0.2) is 63.1 Å². The van der Waals surface area contributed by atoms with Gasteiger partial charge >= 0.3 is 11.9 Å². The quantitative estimate of drug-likeness (QED) is 0.473. The zero-order valence-electron chi connectivity index (χ0n) is 25.4. The van der Waals surface area contributed by atoms with E-state index in [4.69, 9.17) is 30.5 Å². The SMILES string of the molecule is CC(=O)OC(C)(C)C(=O)O[C@@]1(C)CO[C@@]23CC[C@@]4(C)[C@@](O)(CC[C@H]5Cc6c([nH]c7cc(Cl)ccc67)[C@@]54C)C2=CC(=O)[C@@H]1O3. The molecule has 7 rings (SSSR count). The Kier molecular flexibility index (Phi) is 5.88. The summed E-state index contributed by atoms with van der Waals surface area (Å²) >= 11 is 6.33. The topological polar surface area (TPSA) is 124 Å². The van der Waals surface area contributed by atoms with E-state index in [1.54, 1.807) is 6.92 Å². The van der Waals surface area contributed by atoms with Gasteiger partial charge in [-0.3, -0.25) is 9.59 Å². The van der Waals surface area contributed by atoms with E-state index in [9.17, 15) is 19.5 Å². The van der Waals surface area contributed by atoms with Crippen molar-refractivity contribution >= 4 is 40.2 Å². The fourth-order valence-electron chi connectivity index (χ4n) is 9.09. The lowest BCUT2D eigenvalue weighted by molar-refractivity contribution is -0.351. The van der Waals surface area contributed by atoms with Gasteiger partial charge in [0.15, 0.2) is 23.3 Å². The summed E-state index contributed by atoms with van der Waals surface area (Å²) in [6.45, 7) is 9.92. The van der Waals surface area contributed by atoms with Gasteiger partial charge in [0, 0.05) is 51.4 Å². The monoisotopic (exact) mass is 611 g/mol. The first-order valence-electron chi connectivity index (χ1n) is 15.0. The Balaban J connectivity index is 1.26. The van der Waals surface area contributed by atoms with E-state index in [2.05, 4.69) is 24.9 Å². The molecule has 0 amide bonds. The predicted octanol–water partition coefficient (Wildman–Crippen LogP) is 4.84. The summed E-state index contributed by atoms with van der Waals surface area (Å²) in [5, 5.41) is 14.7. The van der Waals surface area contributed by atoms with Crippen molar-refractivity contribution in [2.45, 2.75) is 108 Å². The molecule has 5 aliphatic rings. The molecule has 9 nitrogen and oxygen atoms in total. The molecule has 0 unspecified atom stereocenters. The van der Waals surface area contributed by atoms with E-state index in [-0.39, 0.29) is 6.61 Å². The molecule has 2 aliphatic heterocycles. The van der Waals surface area contributed by atoms with Crippen LogP contribution in [0, 0.1) is 11.3 Å². The Morgan fingerprint density at radius 3 is 2.63 bits per heavy atom. The van der Waals surface area contributed by atoms with Crippen LogP contribution < -0.4 is 0 Å². The highest BCUT2D eigenvalue weighted by Gasteiger charge is 2.74. The standard InChI is InChI=1S/C33H38ClNO8/c1-17(36)41-28(2,3)27(38)43-29(4)16-40-33-12-11-30(5)31(6)18(9-10-32(30,39)24(33)15-23(37)26(29)42-33)13-21-20-8-7-19(34)14-22(20)35-25(21)31/h7-8,14-15,18,26,35,39H,9-13,16H2,1-6H3/t18-,26-,29-,30+,31+,32+,33+/m0/s1. The Bertz CT molecular complexity index is 1640. The number of hydrogen-bond acceptors (Lipinski definition) is 8. The number of aromatic amines is 1. The van der Waals surface area contributed by atoms with E-state index in [0.717, 1.165) is 29.4 Å². The van der Waals surface area contributed by atoms with Gasteiger partial charge in [-0.15, -0.1) is 0 Å². The van der Waals surface area contributed by atoms with Gasteiger partial charge in [-0.1, -0.05) is 31.5 Å². The minimum atomic E-state index is -1.56. The number of rotatable bonds is 3. The average Bonchev–Trinajstić information content (AvgIpc) is 3.42. The molecule has 2 bridgehead atoms. The summed E-state index contributed by atoms with van der Waals surface area (Å²) in [4.78, 5) is 42.1. The first kappa shape index (κ1) is 29.0. The fourth-order valence-corrected chi connectivity index (χ4v) is 9.26. The van der Waals surface area contributed by atoms with Crippen LogP contribution in [0.15, 0.2) is 29.8 Å². The maximum atomic E-state index is 13.8.